The predicted molar refractivity (Wildman–Crippen MR) is 69.8 cm³/mol. The number of aromatic nitrogens is 2. The molecular formula is C14H15N3O2. The first-order valence-corrected chi connectivity index (χ1v) is 6.06. The van der Waals surface area contributed by atoms with Crippen LogP contribution in [0.25, 0.3) is 0 Å². The normalized spacial score (nSPS) is 11.9. The highest BCUT2D eigenvalue weighted by atomic mass is 16.5. The molecule has 1 N–H and O–H groups in total. The van der Waals surface area contributed by atoms with Gasteiger partial charge in [-0.15, -0.1) is 0 Å². The minimum Gasteiger partial charge on any atom is -0.454 e. The molecule has 1 aromatic carbocycles. The molecule has 0 spiro atoms. The van der Waals surface area contributed by atoms with Crippen molar-refractivity contribution in [2.45, 2.75) is 26.5 Å². The van der Waals surface area contributed by atoms with Crippen molar-refractivity contribution >= 4 is 0 Å². The molecule has 0 aliphatic carbocycles. The zero-order valence-electron chi connectivity index (χ0n) is 10.9. The molecule has 0 fully saturated rings. The lowest BCUT2D eigenvalue weighted by Gasteiger charge is -2.12. The van der Waals surface area contributed by atoms with E-state index in [2.05, 4.69) is 11.2 Å². The summed E-state index contributed by atoms with van der Waals surface area (Å²) in [5, 5.41) is 22.7. The molecule has 5 heteroatoms. The minimum absolute atomic E-state index is 0.477. The summed E-state index contributed by atoms with van der Waals surface area (Å²) in [6, 6.07) is 7.02. The van der Waals surface area contributed by atoms with Crippen LogP contribution >= 0.6 is 0 Å². The summed E-state index contributed by atoms with van der Waals surface area (Å²) in [7, 11) is 0. The Balaban J connectivity index is 2.34. The molecule has 0 aliphatic heterocycles. The fraction of sp³-hybridized carbons (Fsp3) is 0.286. The van der Waals surface area contributed by atoms with Gasteiger partial charge < -0.3 is 9.84 Å². The molecule has 98 valence electrons. The maximum Gasteiger partial charge on any atom is 0.165 e. The minimum atomic E-state index is -0.663. The zero-order valence-corrected chi connectivity index (χ0v) is 10.9. The monoisotopic (exact) mass is 257 g/mol. The van der Waals surface area contributed by atoms with Gasteiger partial charge in [0.15, 0.2) is 5.75 Å². The van der Waals surface area contributed by atoms with Crippen LogP contribution in [-0.2, 0) is 6.54 Å². The van der Waals surface area contributed by atoms with Crippen molar-refractivity contribution < 1.29 is 9.84 Å². The molecule has 1 unspecified atom stereocenters. The van der Waals surface area contributed by atoms with Gasteiger partial charge >= 0.3 is 0 Å². The van der Waals surface area contributed by atoms with Crippen molar-refractivity contribution in [2.75, 3.05) is 0 Å². The van der Waals surface area contributed by atoms with Crippen LogP contribution < -0.4 is 4.74 Å². The van der Waals surface area contributed by atoms with Gasteiger partial charge in [0.05, 0.1) is 30.1 Å². The van der Waals surface area contributed by atoms with Crippen molar-refractivity contribution in [3.8, 4) is 17.6 Å². The average molecular weight is 257 g/mol. The maximum atomic E-state index is 9.71. The smallest absolute Gasteiger partial charge is 0.165 e. The number of hydrogen-bond acceptors (Lipinski definition) is 4. The van der Waals surface area contributed by atoms with Crippen LogP contribution in [0.15, 0.2) is 30.6 Å². The van der Waals surface area contributed by atoms with Gasteiger partial charge in [0, 0.05) is 12.1 Å². The number of rotatable bonds is 4. The summed E-state index contributed by atoms with van der Waals surface area (Å²) in [6.07, 6.45) is 2.71. The van der Waals surface area contributed by atoms with Crippen molar-refractivity contribution in [3.63, 3.8) is 0 Å². The summed E-state index contributed by atoms with van der Waals surface area (Å²) in [5.74, 6) is 1.06. The van der Waals surface area contributed by atoms with Crippen LogP contribution in [0.1, 0.15) is 31.1 Å². The number of aryl methyl sites for hydroxylation is 1. The van der Waals surface area contributed by atoms with Crippen molar-refractivity contribution in [1.82, 2.24) is 9.78 Å². The number of nitriles is 1. The number of aliphatic hydroxyl groups is 1. The van der Waals surface area contributed by atoms with E-state index in [1.165, 1.54) is 0 Å². The second kappa shape index (κ2) is 5.55. The summed E-state index contributed by atoms with van der Waals surface area (Å²) >= 11 is 0. The van der Waals surface area contributed by atoms with Gasteiger partial charge in [-0.25, -0.2) is 0 Å². The average Bonchev–Trinajstić information content (AvgIpc) is 2.86. The van der Waals surface area contributed by atoms with Gasteiger partial charge in [-0.05, 0) is 26.0 Å². The standard InChI is InChI=1S/C14H15N3O2/c1-3-17-9-12(8-16-17)19-14-6-11(7-15)4-5-13(14)10(2)18/h4-6,8-10,18H,3H2,1-2H3. The van der Waals surface area contributed by atoms with Gasteiger partial charge in [-0.2, -0.15) is 10.4 Å². The Bertz CT molecular complexity index is 611. The molecule has 0 saturated heterocycles. The molecule has 5 nitrogen and oxygen atoms in total. The number of hydrogen-bond donors (Lipinski definition) is 1. The number of nitrogens with zero attached hydrogens (tertiary/aromatic N) is 3. The van der Waals surface area contributed by atoms with E-state index in [1.807, 2.05) is 6.92 Å². The maximum absolute atomic E-state index is 9.71. The van der Waals surface area contributed by atoms with Crippen molar-refractivity contribution in [1.29, 1.82) is 5.26 Å². The Morgan fingerprint density at radius 2 is 2.32 bits per heavy atom. The first-order valence-electron chi connectivity index (χ1n) is 6.06. The summed E-state index contributed by atoms with van der Waals surface area (Å²) in [5.41, 5.74) is 1.13. The second-order valence-corrected chi connectivity index (χ2v) is 4.17. The van der Waals surface area contributed by atoms with Gasteiger partial charge in [0.1, 0.15) is 5.75 Å². The Morgan fingerprint density at radius 1 is 1.53 bits per heavy atom. The van der Waals surface area contributed by atoms with E-state index >= 15 is 0 Å². The topological polar surface area (TPSA) is 71.1 Å². The Hall–Kier alpha value is -2.32. The third-order valence-electron chi connectivity index (χ3n) is 2.75. The lowest BCUT2D eigenvalue weighted by molar-refractivity contribution is 0.195. The van der Waals surface area contributed by atoms with E-state index in [9.17, 15) is 5.11 Å². The zero-order chi connectivity index (χ0) is 13.8. The SMILES string of the molecule is CCn1cc(Oc2cc(C#N)ccc2C(C)O)cn1. The quantitative estimate of drug-likeness (QED) is 0.913. The van der Waals surface area contributed by atoms with E-state index in [-0.39, 0.29) is 0 Å². The first-order chi connectivity index (χ1) is 9.13. The lowest BCUT2D eigenvalue weighted by atomic mass is 10.1. The Kier molecular flexibility index (Phi) is 3.83. The molecule has 19 heavy (non-hydrogen) atoms. The number of benzene rings is 1. The lowest BCUT2D eigenvalue weighted by Crippen LogP contribution is -1.96. The molecule has 1 atom stereocenters. The summed E-state index contributed by atoms with van der Waals surface area (Å²) in [4.78, 5) is 0. The highest BCUT2D eigenvalue weighted by molar-refractivity contribution is 5.45. The van der Waals surface area contributed by atoms with Crippen LogP contribution in [0.4, 0.5) is 0 Å². The Labute approximate surface area is 111 Å². The van der Waals surface area contributed by atoms with Crippen LogP contribution in [0.5, 0.6) is 11.5 Å². The molecule has 0 bridgehead atoms. The second-order valence-electron chi connectivity index (χ2n) is 4.17. The molecule has 0 radical (unpaired) electrons. The van der Waals surface area contributed by atoms with Crippen LogP contribution in [0.2, 0.25) is 0 Å². The number of ether oxygens (including phenoxy) is 1. The fourth-order valence-electron chi connectivity index (χ4n) is 1.73. The summed E-state index contributed by atoms with van der Waals surface area (Å²) in [6.45, 7) is 4.39. The molecule has 2 rings (SSSR count). The van der Waals surface area contributed by atoms with Crippen molar-refractivity contribution in [3.05, 3.63) is 41.7 Å². The van der Waals surface area contributed by atoms with Crippen LogP contribution in [-0.4, -0.2) is 14.9 Å². The fourth-order valence-corrected chi connectivity index (χ4v) is 1.73. The molecule has 1 heterocycles. The Morgan fingerprint density at radius 3 is 2.89 bits per heavy atom. The highest BCUT2D eigenvalue weighted by Gasteiger charge is 2.12. The van der Waals surface area contributed by atoms with Crippen LogP contribution in [0.3, 0.4) is 0 Å². The van der Waals surface area contributed by atoms with E-state index in [0.717, 1.165) is 6.54 Å². The predicted octanol–water partition coefficient (Wildman–Crippen LogP) is 2.62. The molecule has 0 aliphatic rings. The van der Waals surface area contributed by atoms with E-state index in [1.54, 1.807) is 42.2 Å². The van der Waals surface area contributed by atoms with E-state index < -0.39 is 6.10 Å². The van der Waals surface area contributed by atoms with Gasteiger partial charge in [-0.1, -0.05) is 6.07 Å². The summed E-state index contributed by atoms with van der Waals surface area (Å²) < 4.78 is 7.44. The van der Waals surface area contributed by atoms with Gasteiger partial charge in [-0.3, -0.25) is 4.68 Å². The molecule has 2 aromatic rings. The van der Waals surface area contributed by atoms with Gasteiger partial charge in [0.25, 0.3) is 0 Å². The largest absolute Gasteiger partial charge is 0.454 e. The first kappa shape index (κ1) is 13.1. The third kappa shape index (κ3) is 2.92. The van der Waals surface area contributed by atoms with E-state index in [0.29, 0.717) is 22.6 Å². The van der Waals surface area contributed by atoms with E-state index in [4.69, 9.17) is 10.00 Å². The molecule has 1 aromatic heterocycles. The van der Waals surface area contributed by atoms with Crippen molar-refractivity contribution in [2.24, 2.45) is 0 Å². The third-order valence-corrected chi connectivity index (χ3v) is 2.75. The molecule has 0 amide bonds. The molecular weight excluding hydrogens is 242 g/mol. The van der Waals surface area contributed by atoms with Crippen LogP contribution in [0, 0.1) is 11.3 Å². The molecule has 0 saturated carbocycles. The highest BCUT2D eigenvalue weighted by Crippen LogP contribution is 2.30. The number of aliphatic hydroxyl groups excluding tert-OH is 1. The van der Waals surface area contributed by atoms with Gasteiger partial charge in [0.2, 0.25) is 0 Å².